The molecule has 1 atom stereocenters. The molecule has 0 radical (unpaired) electrons. The monoisotopic (exact) mass is 322 g/mol. The first kappa shape index (κ1) is 18.0. The van der Waals surface area contributed by atoms with E-state index in [9.17, 15) is 4.79 Å². The standard InChI is InChI=1S/C22H26O2/c1-3-5-7-10-18(4-2)17-24-21-15-13-20(14-16-21)22(23)19-11-8-6-9-12-19/h3,5-6,8-9,11-16,18H,4,7,10,17H2,1-2H3/b5-3-. The minimum Gasteiger partial charge on any atom is -0.493 e. The minimum atomic E-state index is 0.0416. The second-order valence-electron chi connectivity index (χ2n) is 5.95. The van der Waals surface area contributed by atoms with Crippen LogP contribution in [0, 0.1) is 5.92 Å². The molecule has 0 aliphatic heterocycles. The predicted octanol–water partition coefficient (Wildman–Crippen LogP) is 5.68. The first-order chi connectivity index (χ1) is 11.7. The van der Waals surface area contributed by atoms with Crippen molar-refractivity contribution in [3.8, 4) is 5.75 Å². The number of allylic oxidation sites excluding steroid dienone is 2. The number of carbonyl (C=O) groups is 1. The lowest BCUT2D eigenvalue weighted by atomic mass is 10.0. The van der Waals surface area contributed by atoms with Gasteiger partial charge < -0.3 is 4.74 Å². The molecule has 2 nitrogen and oxygen atoms in total. The molecule has 126 valence electrons. The van der Waals surface area contributed by atoms with E-state index in [0.717, 1.165) is 31.6 Å². The van der Waals surface area contributed by atoms with Crippen molar-refractivity contribution in [1.29, 1.82) is 0 Å². The molecule has 0 aliphatic carbocycles. The SMILES string of the molecule is C/C=C\CCC(CC)COc1ccc(C(=O)c2ccccc2)cc1. The van der Waals surface area contributed by atoms with E-state index in [0.29, 0.717) is 17.0 Å². The van der Waals surface area contributed by atoms with Crippen molar-refractivity contribution in [2.45, 2.75) is 33.1 Å². The molecule has 2 heteroatoms. The molecule has 0 saturated carbocycles. The first-order valence-electron chi connectivity index (χ1n) is 8.68. The average molecular weight is 322 g/mol. The van der Waals surface area contributed by atoms with E-state index in [2.05, 4.69) is 26.0 Å². The Labute approximate surface area is 145 Å². The third-order valence-electron chi connectivity index (χ3n) is 4.19. The van der Waals surface area contributed by atoms with Gasteiger partial charge in [-0.25, -0.2) is 0 Å². The van der Waals surface area contributed by atoms with E-state index in [1.807, 2.05) is 54.6 Å². The van der Waals surface area contributed by atoms with Crippen LogP contribution in [0.3, 0.4) is 0 Å². The zero-order valence-corrected chi connectivity index (χ0v) is 14.6. The normalized spacial score (nSPS) is 12.2. The fourth-order valence-electron chi connectivity index (χ4n) is 2.58. The number of hydrogen-bond donors (Lipinski definition) is 0. The van der Waals surface area contributed by atoms with E-state index in [1.54, 1.807) is 0 Å². The summed E-state index contributed by atoms with van der Waals surface area (Å²) < 4.78 is 5.89. The van der Waals surface area contributed by atoms with Crippen molar-refractivity contribution < 1.29 is 9.53 Å². The van der Waals surface area contributed by atoms with Gasteiger partial charge in [0.1, 0.15) is 5.75 Å². The summed E-state index contributed by atoms with van der Waals surface area (Å²) in [6, 6.07) is 16.8. The molecule has 0 aliphatic rings. The molecule has 0 fully saturated rings. The number of carbonyl (C=O) groups excluding carboxylic acids is 1. The molecule has 1 unspecified atom stereocenters. The second kappa shape index (κ2) is 9.71. The lowest BCUT2D eigenvalue weighted by molar-refractivity contribution is 0.103. The van der Waals surface area contributed by atoms with Gasteiger partial charge in [0.25, 0.3) is 0 Å². The van der Waals surface area contributed by atoms with Crippen molar-refractivity contribution in [2.75, 3.05) is 6.61 Å². The van der Waals surface area contributed by atoms with Crippen LogP contribution >= 0.6 is 0 Å². The van der Waals surface area contributed by atoms with E-state index < -0.39 is 0 Å². The molecule has 24 heavy (non-hydrogen) atoms. The summed E-state index contributed by atoms with van der Waals surface area (Å²) in [5.41, 5.74) is 1.40. The zero-order valence-electron chi connectivity index (χ0n) is 14.6. The summed E-state index contributed by atoms with van der Waals surface area (Å²) >= 11 is 0. The summed E-state index contributed by atoms with van der Waals surface area (Å²) in [6.07, 6.45) is 7.65. The Morgan fingerprint density at radius 2 is 1.71 bits per heavy atom. The van der Waals surface area contributed by atoms with Crippen LogP contribution in [0.4, 0.5) is 0 Å². The van der Waals surface area contributed by atoms with Gasteiger partial charge in [-0.1, -0.05) is 55.8 Å². The highest BCUT2D eigenvalue weighted by Crippen LogP contribution is 2.18. The summed E-state index contributed by atoms with van der Waals surface area (Å²) in [6.45, 7) is 4.97. The van der Waals surface area contributed by atoms with Gasteiger partial charge >= 0.3 is 0 Å². The van der Waals surface area contributed by atoms with Crippen molar-refractivity contribution >= 4 is 5.78 Å². The van der Waals surface area contributed by atoms with Crippen molar-refractivity contribution in [2.24, 2.45) is 5.92 Å². The third kappa shape index (κ3) is 5.38. The van der Waals surface area contributed by atoms with Crippen LogP contribution in [-0.4, -0.2) is 12.4 Å². The number of ketones is 1. The number of benzene rings is 2. The molecule has 0 N–H and O–H groups in total. The molecule has 0 saturated heterocycles. The molecule has 0 heterocycles. The Balaban J connectivity index is 1.91. The largest absolute Gasteiger partial charge is 0.493 e. The van der Waals surface area contributed by atoms with Crippen LogP contribution in [0.2, 0.25) is 0 Å². The Kier molecular flexibility index (Phi) is 7.28. The highest BCUT2D eigenvalue weighted by atomic mass is 16.5. The van der Waals surface area contributed by atoms with Crippen LogP contribution in [0.5, 0.6) is 5.75 Å². The van der Waals surface area contributed by atoms with Gasteiger partial charge in [-0.15, -0.1) is 0 Å². The lowest BCUT2D eigenvalue weighted by Crippen LogP contribution is -2.11. The third-order valence-corrected chi connectivity index (χ3v) is 4.19. The molecule has 2 aromatic carbocycles. The molecular weight excluding hydrogens is 296 g/mol. The first-order valence-corrected chi connectivity index (χ1v) is 8.68. The highest BCUT2D eigenvalue weighted by Gasteiger charge is 2.09. The second-order valence-corrected chi connectivity index (χ2v) is 5.95. The number of hydrogen-bond acceptors (Lipinski definition) is 2. The fourth-order valence-corrected chi connectivity index (χ4v) is 2.58. The topological polar surface area (TPSA) is 26.3 Å². The van der Waals surface area contributed by atoms with Gasteiger partial charge in [0, 0.05) is 11.1 Å². The molecule has 2 aromatic rings. The maximum atomic E-state index is 12.4. The van der Waals surface area contributed by atoms with Crippen molar-refractivity contribution in [3.63, 3.8) is 0 Å². The molecule has 0 aromatic heterocycles. The fraction of sp³-hybridized carbons (Fsp3) is 0.318. The minimum absolute atomic E-state index is 0.0416. The lowest BCUT2D eigenvalue weighted by Gasteiger charge is -2.15. The number of rotatable bonds is 9. The smallest absolute Gasteiger partial charge is 0.193 e. The molecule has 0 amide bonds. The zero-order chi connectivity index (χ0) is 17.2. The van der Waals surface area contributed by atoms with E-state index >= 15 is 0 Å². The summed E-state index contributed by atoms with van der Waals surface area (Å²) in [4.78, 5) is 12.4. The summed E-state index contributed by atoms with van der Waals surface area (Å²) in [5.74, 6) is 1.43. The van der Waals surface area contributed by atoms with E-state index in [4.69, 9.17) is 4.74 Å². The maximum Gasteiger partial charge on any atom is 0.193 e. The summed E-state index contributed by atoms with van der Waals surface area (Å²) in [7, 11) is 0. The number of ether oxygens (including phenoxy) is 1. The average Bonchev–Trinajstić information content (AvgIpc) is 2.65. The quantitative estimate of drug-likeness (QED) is 0.438. The Morgan fingerprint density at radius 3 is 2.33 bits per heavy atom. The molecule has 0 bridgehead atoms. The van der Waals surface area contributed by atoms with Gasteiger partial charge in [-0.3, -0.25) is 4.79 Å². The maximum absolute atomic E-state index is 12.4. The highest BCUT2D eigenvalue weighted by molar-refractivity contribution is 6.08. The predicted molar refractivity (Wildman–Crippen MR) is 99.6 cm³/mol. The van der Waals surface area contributed by atoms with Crippen LogP contribution < -0.4 is 4.74 Å². The Hall–Kier alpha value is -2.35. The molecular formula is C22H26O2. The van der Waals surface area contributed by atoms with E-state index in [-0.39, 0.29) is 5.78 Å². The van der Waals surface area contributed by atoms with Gasteiger partial charge in [0.2, 0.25) is 0 Å². The molecule has 0 spiro atoms. The van der Waals surface area contributed by atoms with Gasteiger partial charge in [0.15, 0.2) is 5.78 Å². The van der Waals surface area contributed by atoms with Crippen LogP contribution in [0.25, 0.3) is 0 Å². The molecule has 2 rings (SSSR count). The van der Waals surface area contributed by atoms with Crippen molar-refractivity contribution in [3.05, 3.63) is 77.9 Å². The van der Waals surface area contributed by atoms with Gasteiger partial charge in [0.05, 0.1) is 6.61 Å². The van der Waals surface area contributed by atoms with Gasteiger partial charge in [-0.05, 0) is 49.9 Å². The van der Waals surface area contributed by atoms with Gasteiger partial charge in [-0.2, -0.15) is 0 Å². The Bertz CT molecular complexity index is 641. The van der Waals surface area contributed by atoms with Crippen LogP contribution in [-0.2, 0) is 0 Å². The Morgan fingerprint density at radius 1 is 1.04 bits per heavy atom. The van der Waals surface area contributed by atoms with Crippen LogP contribution in [0.15, 0.2) is 66.7 Å². The summed E-state index contributed by atoms with van der Waals surface area (Å²) in [5, 5.41) is 0. The van der Waals surface area contributed by atoms with E-state index in [1.165, 1.54) is 0 Å². The van der Waals surface area contributed by atoms with Crippen LogP contribution in [0.1, 0.15) is 49.0 Å². The van der Waals surface area contributed by atoms with Crippen molar-refractivity contribution in [1.82, 2.24) is 0 Å².